The van der Waals surface area contributed by atoms with Crippen molar-refractivity contribution in [3.8, 4) is 0 Å². The Hall–Kier alpha value is -2.22. The third-order valence-corrected chi connectivity index (χ3v) is 4.70. The molecule has 0 saturated heterocycles. The highest BCUT2D eigenvalue weighted by atomic mass is 16.1. The molecule has 2 heteroatoms. The number of carbonyl (C=O) groups is 1. The molecule has 0 N–H and O–H groups in total. The van der Waals surface area contributed by atoms with Crippen LogP contribution in [0.3, 0.4) is 0 Å². The summed E-state index contributed by atoms with van der Waals surface area (Å²) in [7, 11) is 0. The Bertz CT molecular complexity index is 660. The summed E-state index contributed by atoms with van der Waals surface area (Å²) in [4.78, 5) is 17.2. The molecule has 1 aliphatic rings. The topological polar surface area (TPSA) is 29.4 Å². The van der Waals surface area contributed by atoms with Crippen molar-refractivity contribution in [3.63, 3.8) is 0 Å². The minimum atomic E-state index is 0.211. The van der Waals surface area contributed by atoms with Crippen molar-refractivity contribution in [1.82, 2.24) is 0 Å². The molecule has 0 bridgehead atoms. The molecular formula is C22H27NO. The lowest BCUT2D eigenvalue weighted by molar-refractivity contribution is -0.113. The summed E-state index contributed by atoms with van der Waals surface area (Å²) < 4.78 is 0. The van der Waals surface area contributed by atoms with Gasteiger partial charge < -0.3 is 0 Å². The highest BCUT2D eigenvalue weighted by Gasteiger charge is 2.25. The predicted octanol–water partition coefficient (Wildman–Crippen LogP) is 5.52. The number of benzene rings is 1. The Balaban J connectivity index is 2.32. The summed E-state index contributed by atoms with van der Waals surface area (Å²) in [6.45, 7) is 8.48. The molecule has 2 nitrogen and oxygen atoms in total. The quantitative estimate of drug-likeness (QED) is 0.635. The van der Waals surface area contributed by atoms with Gasteiger partial charge in [-0.15, -0.1) is 0 Å². The molecule has 2 unspecified atom stereocenters. The molecule has 126 valence electrons. The van der Waals surface area contributed by atoms with E-state index in [-0.39, 0.29) is 17.6 Å². The standard InChI is InChI=1S/C22H27NO/c1-5-16(3)20-12-19(13-21(22(20)24)17(4)6-2)15-23-14-18-10-8-7-9-11-18/h7-17H,5-6H2,1-4H3. The molecule has 0 radical (unpaired) electrons. The zero-order valence-electron chi connectivity index (χ0n) is 15.1. The second-order valence-electron chi connectivity index (χ2n) is 6.47. The number of hydrogen-bond donors (Lipinski definition) is 0. The first-order valence-corrected chi connectivity index (χ1v) is 8.83. The van der Waals surface area contributed by atoms with Gasteiger partial charge in [0, 0.05) is 23.6 Å². The lowest BCUT2D eigenvalue weighted by Gasteiger charge is -2.22. The average molecular weight is 321 g/mol. The van der Waals surface area contributed by atoms with E-state index in [0.717, 1.165) is 35.1 Å². The van der Waals surface area contributed by atoms with Crippen LogP contribution in [0, 0.1) is 11.8 Å². The SMILES string of the molecule is CCC(C)C1=CC(=CN=Cc2ccccc2)C=C(C(C)CC)C1=O. The van der Waals surface area contributed by atoms with Gasteiger partial charge in [-0.05, 0) is 48.0 Å². The second kappa shape index (κ2) is 8.58. The Morgan fingerprint density at radius 1 is 0.958 bits per heavy atom. The van der Waals surface area contributed by atoms with Gasteiger partial charge >= 0.3 is 0 Å². The van der Waals surface area contributed by atoms with Gasteiger partial charge in [0.15, 0.2) is 5.78 Å². The first-order chi connectivity index (χ1) is 11.6. The van der Waals surface area contributed by atoms with E-state index in [4.69, 9.17) is 0 Å². The number of rotatable bonds is 6. The van der Waals surface area contributed by atoms with Crippen LogP contribution < -0.4 is 0 Å². The fourth-order valence-electron chi connectivity index (χ4n) is 2.69. The minimum Gasteiger partial charge on any atom is -0.289 e. The maximum atomic E-state index is 12.8. The van der Waals surface area contributed by atoms with Crippen molar-refractivity contribution in [2.45, 2.75) is 40.5 Å². The Morgan fingerprint density at radius 3 is 2.00 bits per heavy atom. The molecule has 1 aliphatic carbocycles. The van der Waals surface area contributed by atoms with Crippen LogP contribution in [0.15, 0.2) is 70.4 Å². The van der Waals surface area contributed by atoms with Gasteiger partial charge in [-0.1, -0.05) is 58.0 Å². The van der Waals surface area contributed by atoms with E-state index < -0.39 is 0 Å². The van der Waals surface area contributed by atoms with Gasteiger partial charge in [0.2, 0.25) is 0 Å². The van der Waals surface area contributed by atoms with E-state index in [1.165, 1.54) is 0 Å². The highest BCUT2D eigenvalue weighted by Crippen LogP contribution is 2.30. The predicted molar refractivity (Wildman–Crippen MR) is 102 cm³/mol. The van der Waals surface area contributed by atoms with Crippen LogP contribution in [0.1, 0.15) is 46.1 Å². The second-order valence-corrected chi connectivity index (χ2v) is 6.47. The summed E-state index contributed by atoms with van der Waals surface area (Å²) in [5.41, 5.74) is 3.90. The van der Waals surface area contributed by atoms with E-state index in [1.807, 2.05) is 54.9 Å². The molecule has 0 aliphatic heterocycles. The highest BCUT2D eigenvalue weighted by molar-refractivity contribution is 6.10. The normalized spacial score (nSPS) is 17.5. The number of Topliss-reactive ketones (excluding diaryl/α,β-unsaturated/α-hetero) is 1. The van der Waals surface area contributed by atoms with E-state index in [9.17, 15) is 4.79 Å². The monoisotopic (exact) mass is 321 g/mol. The van der Waals surface area contributed by atoms with Crippen molar-refractivity contribution in [2.75, 3.05) is 0 Å². The number of allylic oxidation sites excluding steroid dienone is 5. The largest absolute Gasteiger partial charge is 0.289 e. The van der Waals surface area contributed by atoms with E-state index in [2.05, 4.69) is 32.7 Å². The molecule has 0 aromatic heterocycles. The van der Waals surface area contributed by atoms with Gasteiger partial charge in [-0.25, -0.2) is 0 Å². The van der Waals surface area contributed by atoms with Gasteiger partial charge in [0.1, 0.15) is 0 Å². The van der Waals surface area contributed by atoms with Crippen molar-refractivity contribution in [2.24, 2.45) is 16.8 Å². The first-order valence-electron chi connectivity index (χ1n) is 8.83. The summed E-state index contributed by atoms with van der Waals surface area (Å²) in [6.07, 6.45) is 9.63. The smallest absolute Gasteiger partial charge is 0.185 e. The summed E-state index contributed by atoms with van der Waals surface area (Å²) in [6, 6.07) is 10.0. The molecule has 2 rings (SSSR count). The van der Waals surface area contributed by atoms with Gasteiger partial charge in [0.05, 0.1) is 0 Å². The van der Waals surface area contributed by atoms with Crippen LogP contribution in [0.4, 0.5) is 0 Å². The molecule has 1 aromatic carbocycles. The molecule has 2 atom stereocenters. The van der Waals surface area contributed by atoms with Crippen LogP contribution in [-0.2, 0) is 4.79 Å². The Morgan fingerprint density at radius 2 is 1.50 bits per heavy atom. The van der Waals surface area contributed by atoms with Gasteiger partial charge in [-0.2, -0.15) is 0 Å². The third kappa shape index (κ3) is 4.41. The summed E-state index contributed by atoms with van der Waals surface area (Å²) in [5, 5.41) is 0. The van der Waals surface area contributed by atoms with Gasteiger partial charge in [-0.3, -0.25) is 9.79 Å². The fraction of sp³-hybridized carbons (Fsp3) is 0.364. The number of carbonyl (C=O) groups excluding carboxylic acids is 1. The minimum absolute atomic E-state index is 0.211. The summed E-state index contributed by atoms with van der Waals surface area (Å²) >= 11 is 0. The zero-order chi connectivity index (χ0) is 17.5. The van der Waals surface area contributed by atoms with Crippen LogP contribution in [0.25, 0.3) is 0 Å². The first kappa shape index (κ1) is 18.1. The van der Waals surface area contributed by atoms with Crippen molar-refractivity contribution in [1.29, 1.82) is 0 Å². The van der Waals surface area contributed by atoms with E-state index >= 15 is 0 Å². The molecule has 0 spiro atoms. The Kier molecular flexibility index (Phi) is 6.48. The number of nitrogens with zero attached hydrogens (tertiary/aromatic N) is 1. The lowest BCUT2D eigenvalue weighted by Crippen LogP contribution is -2.20. The Labute approximate surface area is 145 Å². The molecular weight excluding hydrogens is 294 g/mol. The maximum Gasteiger partial charge on any atom is 0.185 e. The summed E-state index contributed by atoms with van der Waals surface area (Å²) in [5.74, 6) is 0.751. The zero-order valence-corrected chi connectivity index (χ0v) is 15.1. The fourth-order valence-corrected chi connectivity index (χ4v) is 2.69. The van der Waals surface area contributed by atoms with Crippen LogP contribution >= 0.6 is 0 Å². The lowest BCUT2D eigenvalue weighted by atomic mass is 9.80. The molecule has 24 heavy (non-hydrogen) atoms. The average Bonchev–Trinajstić information content (AvgIpc) is 2.62. The molecule has 0 amide bonds. The van der Waals surface area contributed by atoms with Crippen LogP contribution in [0.5, 0.6) is 0 Å². The molecule has 1 aromatic rings. The van der Waals surface area contributed by atoms with Crippen molar-refractivity contribution in [3.05, 3.63) is 71.0 Å². The molecule has 0 fully saturated rings. The van der Waals surface area contributed by atoms with E-state index in [1.54, 1.807) is 0 Å². The molecule has 0 heterocycles. The maximum absolute atomic E-state index is 12.8. The number of aliphatic imine (C=N–C) groups is 1. The van der Waals surface area contributed by atoms with Crippen LogP contribution in [0.2, 0.25) is 0 Å². The number of ketones is 1. The van der Waals surface area contributed by atoms with Crippen molar-refractivity contribution >= 4 is 12.0 Å². The molecule has 0 saturated carbocycles. The third-order valence-electron chi connectivity index (χ3n) is 4.70. The van der Waals surface area contributed by atoms with Crippen LogP contribution in [-0.4, -0.2) is 12.0 Å². The number of hydrogen-bond acceptors (Lipinski definition) is 2. The van der Waals surface area contributed by atoms with Gasteiger partial charge in [0.25, 0.3) is 0 Å². The van der Waals surface area contributed by atoms with Crippen molar-refractivity contribution < 1.29 is 4.79 Å². The van der Waals surface area contributed by atoms with E-state index in [0.29, 0.717) is 0 Å².